The lowest BCUT2D eigenvalue weighted by Gasteiger charge is -2.11. The van der Waals surface area contributed by atoms with E-state index in [2.05, 4.69) is 114 Å². The minimum atomic E-state index is 0.426. The van der Waals surface area contributed by atoms with Crippen LogP contribution in [0.2, 0.25) is 0 Å². The normalized spacial score (nSPS) is 11.2. The van der Waals surface area contributed by atoms with Crippen LogP contribution in [0.4, 0.5) is 0 Å². The molecular weight excluding hydrogens is 468 g/mol. The van der Waals surface area contributed by atoms with Crippen molar-refractivity contribution in [3.63, 3.8) is 0 Å². The Morgan fingerprint density at radius 1 is 0.541 bits per heavy atom. The molecule has 0 unspecified atom stereocenters. The minimum Gasteiger partial charge on any atom is -0.246 e. The monoisotopic (exact) mass is 488 g/mol. The minimum absolute atomic E-state index is 0.426. The predicted octanol–water partition coefficient (Wildman–Crippen LogP) is 9.48. The molecule has 0 spiro atoms. The first kappa shape index (κ1) is 21.5. The van der Waals surface area contributed by atoms with Crippen molar-refractivity contribution >= 4 is 42.3 Å². The SMILES string of the molecule is N#Cc1cc(-c2cccc(-c3cc4sc5cc(-c6ccccc6)ccc5c4c4ccccc34)c2)ccn1. The highest BCUT2D eigenvalue weighted by Gasteiger charge is 2.14. The summed E-state index contributed by atoms with van der Waals surface area (Å²) in [4.78, 5) is 4.13. The van der Waals surface area contributed by atoms with E-state index in [9.17, 15) is 5.26 Å². The quantitative estimate of drug-likeness (QED) is 0.248. The average molecular weight is 489 g/mol. The Morgan fingerprint density at radius 2 is 1.27 bits per heavy atom. The third kappa shape index (κ3) is 3.67. The van der Waals surface area contributed by atoms with Crippen LogP contribution < -0.4 is 0 Å². The van der Waals surface area contributed by atoms with E-state index >= 15 is 0 Å². The summed E-state index contributed by atoms with van der Waals surface area (Å²) in [6.07, 6.45) is 1.70. The van der Waals surface area contributed by atoms with Gasteiger partial charge in [0, 0.05) is 26.4 Å². The van der Waals surface area contributed by atoms with Gasteiger partial charge < -0.3 is 0 Å². The molecule has 0 aliphatic rings. The second kappa shape index (κ2) is 8.71. The molecule has 7 aromatic rings. The molecule has 0 atom stereocenters. The molecule has 0 aliphatic carbocycles. The topological polar surface area (TPSA) is 36.7 Å². The third-order valence-corrected chi connectivity index (χ3v) is 8.07. The van der Waals surface area contributed by atoms with Crippen molar-refractivity contribution in [1.82, 2.24) is 4.98 Å². The first-order valence-electron chi connectivity index (χ1n) is 12.2. The zero-order valence-corrected chi connectivity index (χ0v) is 20.7. The van der Waals surface area contributed by atoms with E-state index in [1.54, 1.807) is 6.20 Å². The lowest BCUT2D eigenvalue weighted by Crippen LogP contribution is -1.86. The number of benzene rings is 5. The summed E-state index contributed by atoms with van der Waals surface area (Å²) in [6.45, 7) is 0. The maximum absolute atomic E-state index is 9.29. The van der Waals surface area contributed by atoms with E-state index in [4.69, 9.17) is 0 Å². The van der Waals surface area contributed by atoms with Crippen LogP contribution in [0.1, 0.15) is 5.69 Å². The molecular formula is C34H20N2S. The molecule has 0 aliphatic heterocycles. The van der Waals surface area contributed by atoms with Crippen LogP contribution in [0.5, 0.6) is 0 Å². The molecule has 0 amide bonds. The van der Waals surface area contributed by atoms with Gasteiger partial charge in [-0.1, -0.05) is 84.9 Å². The fraction of sp³-hybridized carbons (Fsp3) is 0. The summed E-state index contributed by atoms with van der Waals surface area (Å²) < 4.78 is 2.59. The van der Waals surface area contributed by atoms with Crippen LogP contribution in [-0.4, -0.2) is 4.98 Å². The van der Waals surface area contributed by atoms with Crippen LogP contribution in [0, 0.1) is 11.3 Å². The lowest BCUT2D eigenvalue weighted by molar-refractivity contribution is 1.26. The van der Waals surface area contributed by atoms with Gasteiger partial charge in [0.1, 0.15) is 11.8 Å². The highest BCUT2D eigenvalue weighted by molar-refractivity contribution is 7.26. The first-order chi connectivity index (χ1) is 18.3. The Hall–Kier alpha value is -4.78. The molecule has 0 saturated carbocycles. The van der Waals surface area contributed by atoms with Crippen LogP contribution >= 0.6 is 11.3 Å². The number of nitrogens with zero attached hydrogens (tertiary/aromatic N) is 2. The second-order valence-corrected chi connectivity index (χ2v) is 10.2. The first-order valence-corrected chi connectivity index (χ1v) is 13.0. The van der Waals surface area contributed by atoms with E-state index < -0.39 is 0 Å². The lowest BCUT2D eigenvalue weighted by atomic mass is 9.93. The van der Waals surface area contributed by atoms with Crippen molar-refractivity contribution in [3.05, 3.63) is 127 Å². The van der Waals surface area contributed by atoms with Crippen molar-refractivity contribution in [1.29, 1.82) is 5.26 Å². The van der Waals surface area contributed by atoms with E-state index in [1.165, 1.54) is 47.6 Å². The Morgan fingerprint density at radius 3 is 2.14 bits per heavy atom. The number of thiophene rings is 1. The molecule has 5 aromatic carbocycles. The van der Waals surface area contributed by atoms with Gasteiger partial charge in [-0.25, -0.2) is 4.98 Å². The summed E-state index contributed by atoms with van der Waals surface area (Å²) in [6, 6.07) is 43.0. The highest BCUT2D eigenvalue weighted by Crippen LogP contribution is 2.44. The van der Waals surface area contributed by atoms with Crippen LogP contribution in [0.3, 0.4) is 0 Å². The maximum atomic E-state index is 9.29. The maximum Gasteiger partial charge on any atom is 0.141 e. The smallest absolute Gasteiger partial charge is 0.141 e. The van der Waals surface area contributed by atoms with Crippen molar-refractivity contribution in [2.24, 2.45) is 0 Å². The van der Waals surface area contributed by atoms with Crippen molar-refractivity contribution < 1.29 is 0 Å². The van der Waals surface area contributed by atoms with Gasteiger partial charge >= 0.3 is 0 Å². The van der Waals surface area contributed by atoms with E-state index in [1.807, 2.05) is 23.5 Å². The number of hydrogen-bond acceptors (Lipinski definition) is 3. The molecule has 0 N–H and O–H groups in total. The highest BCUT2D eigenvalue weighted by atomic mass is 32.1. The molecule has 0 radical (unpaired) electrons. The molecule has 7 rings (SSSR count). The van der Waals surface area contributed by atoms with Crippen LogP contribution in [0.25, 0.3) is 64.3 Å². The predicted molar refractivity (Wildman–Crippen MR) is 156 cm³/mol. The third-order valence-electron chi connectivity index (χ3n) is 6.97. The van der Waals surface area contributed by atoms with Crippen molar-refractivity contribution in [3.8, 4) is 39.4 Å². The number of fused-ring (bicyclic) bond motifs is 5. The largest absolute Gasteiger partial charge is 0.246 e. The molecule has 172 valence electrons. The molecule has 2 nitrogen and oxygen atoms in total. The van der Waals surface area contributed by atoms with Gasteiger partial charge in [0.2, 0.25) is 0 Å². The zero-order chi connectivity index (χ0) is 24.8. The molecule has 3 heteroatoms. The van der Waals surface area contributed by atoms with Gasteiger partial charge in [0.05, 0.1) is 0 Å². The van der Waals surface area contributed by atoms with E-state index in [0.717, 1.165) is 16.7 Å². The fourth-order valence-corrected chi connectivity index (χ4v) is 6.43. The Bertz CT molecular complexity index is 1990. The molecule has 0 bridgehead atoms. The summed E-state index contributed by atoms with van der Waals surface area (Å²) in [5.74, 6) is 0. The number of aromatic nitrogens is 1. The standard InChI is InChI=1S/C34H20N2S/c35-21-27-18-25(15-16-36-27)23-9-6-10-26(17-23)31-20-33-34(29-12-5-4-11-28(29)31)30-14-13-24(19-32(30)37-33)22-7-2-1-3-8-22/h1-20H. The summed E-state index contributed by atoms with van der Waals surface area (Å²) in [5, 5.41) is 14.4. The van der Waals surface area contributed by atoms with Crippen molar-refractivity contribution in [2.45, 2.75) is 0 Å². The van der Waals surface area contributed by atoms with Crippen molar-refractivity contribution in [2.75, 3.05) is 0 Å². The van der Waals surface area contributed by atoms with Crippen LogP contribution in [-0.2, 0) is 0 Å². The second-order valence-electron chi connectivity index (χ2n) is 9.14. The van der Waals surface area contributed by atoms with Crippen LogP contribution in [0.15, 0.2) is 121 Å². The Balaban J connectivity index is 1.44. The Kier molecular flexibility index (Phi) is 5.06. The number of rotatable bonds is 3. The average Bonchev–Trinajstić information content (AvgIpc) is 3.35. The van der Waals surface area contributed by atoms with Gasteiger partial charge in [-0.15, -0.1) is 11.3 Å². The number of hydrogen-bond donors (Lipinski definition) is 0. The molecule has 0 fully saturated rings. The summed E-state index contributed by atoms with van der Waals surface area (Å²) >= 11 is 1.86. The molecule has 0 saturated heterocycles. The summed E-state index contributed by atoms with van der Waals surface area (Å²) in [5.41, 5.74) is 7.35. The Labute approximate surface area is 218 Å². The fourth-order valence-electron chi connectivity index (χ4n) is 5.23. The van der Waals surface area contributed by atoms with Gasteiger partial charge in [0.15, 0.2) is 0 Å². The molecule has 2 heterocycles. The van der Waals surface area contributed by atoms with E-state index in [0.29, 0.717) is 5.69 Å². The van der Waals surface area contributed by atoms with Gasteiger partial charge in [-0.3, -0.25) is 0 Å². The summed E-state index contributed by atoms with van der Waals surface area (Å²) in [7, 11) is 0. The number of nitriles is 1. The zero-order valence-electron chi connectivity index (χ0n) is 19.8. The molecule has 37 heavy (non-hydrogen) atoms. The number of pyridine rings is 1. The van der Waals surface area contributed by atoms with Gasteiger partial charge in [-0.05, 0) is 74.5 Å². The van der Waals surface area contributed by atoms with Gasteiger partial charge in [-0.2, -0.15) is 5.26 Å². The molecule has 2 aromatic heterocycles. The van der Waals surface area contributed by atoms with E-state index in [-0.39, 0.29) is 0 Å². The van der Waals surface area contributed by atoms with Gasteiger partial charge in [0.25, 0.3) is 0 Å².